The Morgan fingerprint density at radius 2 is 1.96 bits per heavy atom. The first kappa shape index (κ1) is 18.5. The van der Waals surface area contributed by atoms with Crippen molar-refractivity contribution in [2.75, 3.05) is 20.2 Å². The molecule has 1 atom stereocenters. The first-order chi connectivity index (χ1) is 12.5. The summed E-state index contributed by atoms with van der Waals surface area (Å²) in [7, 11) is 1.56. The number of rotatable bonds is 5. The van der Waals surface area contributed by atoms with Gasteiger partial charge < -0.3 is 18.8 Å². The molecule has 0 aliphatic carbocycles. The van der Waals surface area contributed by atoms with Crippen LogP contribution in [-0.4, -0.2) is 43.1 Å². The van der Waals surface area contributed by atoms with Crippen LogP contribution >= 0.6 is 0 Å². The van der Waals surface area contributed by atoms with E-state index < -0.39 is 12.1 Å². The minimum atomic E-state index is -0.848. The molecule has 0 spiro atoms. The zero-order chi connectivity index (χ0) is 18.7. The summed E-state index contributed by atoms with van der Waals surface area (Å²) in [6.45, 7) is 5.44. The molecule has 0 saturated carbocycles. The second-order valence-corrected chi connectivity index (χ2v) is 6.89. The van der Waals surface area contributed by atoms with E-state index in [0.29, 0.717) is 30.2 Å². The summed E-state index contributed by atoms with van der Waals surface area (Å²) in [5.74, 6) is -0.0712. The summed E-state index contributed by atoms with van der Waals surface area (Å²) in [6.07, 6.45) is 1.11. The Bertz CT molecular complexity index is 789. The van der Waals surface area contributed by atoms with Gasteiger partial charge in [-0.1, -0.05) is 25.1 Å². The summed E-state index contributed by atoms with van der Waals surface area (Å²) in [5, 5.41) is 0.810. The zero-order valence-electron chi connectivity index (χ0n) is 15.5. The topological polar surface area (TPSA) is 69.0 Å². The van der Waals surface area contributed by atoms with Crippen LogP contribution in [0.5, 0.6) is 0 Å². The Morgan fingerprint density at radius 3 is 2.65 bits per heavy atom. The molecule has 1 fully saturated rings. The van der Waals surface area contributed by atoms with Gasteiger partial charge in [0.1, 0.15) is 5.58 Å². The number of nitrogens with zero attached hydrogens (tertiary/aromatic N) is 1. The van der Waals surface area contributed by atoms with Gasteiger partial charge >= 0.3 is 5.97 Å². The van der Waals surface area contributed by atoms with Gasteiger partial charge in [-0.15, -0.1) is 0 Å². The third kappa shape index (κ3) is 3.75. The van der Waals surface area contributed by atoms with Crippen molar-refractivity contribution in [2.45, 2.75) is 39.4 Å². The van der Waals surface area contributed by atoms with Gasteiger partial charge in [0.15, 0.2) is 6.10 Å². The largest absolute Gasteiger partial charge is 0.449 e. The van der Waals surface area contributed by atoms with Gasteiger partial charge in [-0.25, -0.2) is 4.79 Å². The summed E-state index contributed by atoms with van der Waals surface area (Å²) in [5.41, 5.74) is 1.23. The van der Waals surface area contributed by atoms with Crippen molar-refractivity contribution >= 4 is 22.8 Å². The highest BCUT2D eigenvalue weighted by molar-refractivity contribution is 5.97. The van der Waals surface area contributed by atoms with Gasteiger partial charge in [-0.05, 0) is 31.7 Å². The molecule has 0 bridgehead atoms. The van der Waals surface area contributed by atoms with Crippen LogP contribution in [-0.2, 0) is 20.9 Å². The summed E-state index contributed by atoms with van der Waals surface area (Å²) >= 11 is 0. The molecule has 26 heavy (non-hydrogen) atoms. The van der Waals surface area contributed by atoms with Crippen molar-refractivity contribution < 1.29 is 23.5 Å². The van der Waals surface area contributed by atoms with Crippen LogP contribution in [0.2, 0.25) is 0 Å². The quantitative estimate of drug-likeness (QED) is 0.766. The van der Waals surface area contributed by atoms with E-state index in [1.807, 2.05) is 18.2 Å². The number of likely N-dealkylation sites (tertiary alicyclic amines) is 1. The Morgan fingerprint density at radius 1 is 1.27 bits per heavy atom. The van der Waals surface area contributed by atoms with E-state index in [2.05, 4.69) is 6.92 Å². The second kappa shape index (κ2) is 7.91. The van der Waals surface area contributed by atoms with Crippen molar-refractivity contribution in [3.63, 3.8) is 0 Å². The molecule has 1 aromatic carbocycles. The number of carbonyl (C=O) groups is 2. The van der Waals surface area contributed by atoms with Crippen LogP contribution in [0.15, 0.2) is 28.7 Å². The number of fused-ring (bicyclic) bond motifs is 1. The van der Waals surface area contributed by atoms with Crippen LogP contribution in [0.1, 0.15) is 42.8 Å². The molecule has 0 N–H and O–H groups in total. The van der Waals surface area contributed by atoms with E-state index in [0.717, 1.165) is 18.2 Å². The molecule has 3 rings (SSSR count). The molecule has 0 radical (unpaired) electrons. The highest BCUT2D eigenvalue weighted by atomic mass is 16.6. The first-order valence-electron chi connectivity index (χ1n) is 9.00. The fourth-order valence-corrected chi connectivity index (χ4v) is 3.30. The van der Waals surface area contributed by atoms with Crippen LogP contribution in [0.4, 0.5) is 0 Å². The number of benzene rings is 1. The Kier molecular flexibility index (Phi) is 5.61. The standard InChI is InChI=1S/C20H25NO5/c1-13-8-10-21(11-9-13)19(22)14(2)25-20(23)18-16(12-24-3)15-6-4-5-7-17(15)26-18/h4-7,13-14H,8-12H2,1-3H3/t14-/m0/s1. The number of methoxy groups -OCH3 is 1. The molecule has 1 amide bonds. The minimum Gasteiger partial charge on any atom is -0.449 e. The molecular weight excluding hydrogens is 334 g/mol. The molecule has 2 heterocycles. The van der Waals surface area contributed by atoms with Crippen LogP contribution < -0.4 is 0 Å². The Labute approximate surface area is 153 Å². The lowest BCUT2D eigenvalue weighted by atomic mass is 9.99. The Balaban J connectivity index is 1.74. The summed E-state index contributed by atoms with van der Waals surface area (Å²) < 4.78 is 16.3. The summed E-state index contributed by atoms with van der Waals surface area (Å²) in [4.78, 5) is 26.9. The van der Waals surface area contributed by atoms with Gasteiger partial charge in [0, 0.05) is 31.1 Å². The maximum Gasteiger partial charge on any atom is 0.375 e. The fraction of sp³-hybridized carbons (Fsp3) is 0.500. The van der Waals surface area contributed by atoms with Crippen molar-refractivity contribution in [1.29, 1.82) is 0 Å². The molecule has 1 aliphatic rings. The van der Waals surface area contributed by atoms with Crippen LogP contribution in [0, 0.1) is 5.92 Å². The number of hydrogen-bond acceptors (Lipinski definition) is 5. The number of amides is 1. The number of hydrogen-bond donors (Lipinski definition) is 0. The minimum absolute atomic E-state index is 0.0972. The lowest BCUT2D eigenvalue weighted by Crippen LogP contribution is -2.44. The Hall–Kier alpha value is -2.34. The smallest absolute Gasteiger partial charge is 0.375 e. The predicted octanol–water partition coefficient (Wildman–Crippen LogP) is 3.38. The van der Waals surface area contributed by atoms with Crippen molar-refractivity contribution in [2.24, 2.45) is 5.92 Å². The first-order valence-corrected chi connectivity index (χ1v) is 9.00. The summed E-state index contributed by atoms with van der Waals surface area (Å²) in [6, 6.07) is 7.36. The monoisotopic (exact) mass is 359 g/mol. The van der Waals surface area contributed by atoms with E-state index in [-0.39, 0.29) is 18.3 Å². The van der Waals surface area contributed by atoms with Gasteiger partial charge in [0.05, 0.1) is 6.61 Å². The van der Waals surface area contributed by atoms with Crippen molar-refractivity contribution in [3.05, 3.63) is 35.6 Å². The van der Waals surface area contributed by atoms with Crippen molar-refractivity contribution in [1.82, 2.24) is 4.90 Å². The number of ether oxygens (including phenoxy) is 2. The molecule has 0 unspecified atom stereocenters. The SMILES string of the molecule is COCc1c(C(=O)O[C@@H](C)C(=O)N2CCC(C)CC2)oc2ccccc12. The molecule has 140 valence electrons. The molecule has 1 aliphatic heterocycles. The third-order valence-corrected chi connectivity index (χ3v) is 4.90. The molecule has 1 aromatic heterocycles. The molecular formula is C20H25NO5. The third-order valence-electron chi connectivity index (χ3n) is 4.90. The van der Waals surface area contributed by atoms with E-state index >= 15 is 0 Å². The lowest BCUT2D eigenvalue weighted by molar-refractivity contribution is -0.141. The number of piperidine rings is 1. The normalized spacial score (nSPS) is 16.7. The molecule has 1 saturated heterocycles. The van der Waals surface area contributed by atoms with Crippen molar-refractivity contribution in [3.8, 4) is 0 Å². The molecule has 2 aromatic rings. The maximum atomic E-state index is 12.6. The highest BCUT2D eigenvalue weighted by Crippen LogP contribution is 2.27. The van der Waals surface area contributed by atoms with E-state index in [1.54, 1.807) is 25.0 Å². The average molecular weight is 359 g/mol. The average Bonchev–Trinajstić information content (AvgIpc) is 3.01. The molecule has 6 nitrogen and oxygen atoms in total. The number of furan rings is 1. The predicted molar refractivity (Wildman–Crippen MR) is 96.8 cm³/mol. The van der Waals surface area contributed by atoms with Gasteiger partial charge in [-0.3, -0.25) is 4.79 Å². The number of esters is 1. The highest BCUT2D eigenvalue weighted by Gasteiger charge is 2.29. The van der Waals surface area contributed by atoms with E-state index in [4.69, 9.17) is 13.9 Å². The van der Waals surface area contributed by atoms with Gasteiger partial charge in [0.25, 0.3) is 5.91 Å². The number of carbonyl (C=O) groups excluding carboxylic acids is 2. The van der Waals surface area contributed by atoms with Crippen LogP contribution in [0.25, 0.3) is 11.0 Å². The second-order valence-electron chi connectivity index (χ2n) is 6.89. The van der Waals surface area contributed by atoms with Gasteiger partial charge in [-0.2, -0.15) is 0 Å². The lowest BCUT2D eigenvalue weighted by Gasteiger charge is -2.31. The molecule has 6 heteroatoms. The van der Waals surface area contributed by atoms with E-state index in [1.165, 1.54) is 0 Å². The maximum absolute atomic E-state index is 12.6. The zero-order valence-corrected chi connectivity index (χ0v) is 15.5. The fourth-order valence-electron chi connectivity index (χ4n) is 3.30. The van der Waals surface area contributed by atoms with Gasteiger partial charge in [0.2, 0.25) is 5.76 Å². The number of para-hydroxylation sites is 1. The van der Waals surface area contributed by atoms with E-state index in [9.17, 15) is 9.59 Å². The van der Waals surface area contributed by atoms with Crippen LogP contribution in [0.3, 0.4) is 0 Å².